The van der Waals surface area contributed by atoms with Crippen molar-refractivity contribution in [3.63, 3.8) is 0 Å². The summed E-state index contributed by atoms with van der Waals surface area (Å²) in [7, 11) is 0. The summed E-state index contributed by atoms with van der Waals surface area (Å²) in [6, 6.07) is 0. The van der Waals surface area contributed by atoms with Crippen molar-refractivity contribution in [2.24, 2.45) is 5.84 Å². The Labute approximate surface area is 222 Å². The van der Waals surface area contributed by atoms with Gasteiger partial charge in [-0.1, -0.05) is 89.5 Å². The molecule has 0 aliphatic carbocycles. The Kier molecular flexibility index (Phi) is 26.6. The maximum Gasteiger partial charge on any atom is 0.306 e. The Balaban J connectivity index is 3.46. The average molecular weight is 509 g/mol. The number of hydrogen-bond acceptors (Lipinski definition) is 6. The normalized spacial score (nSPS) is 11.7. The number of hydrogen-bond donors (Lipinski definition) is 1. The van der Waals surface area contributed by atoms with Crippen LogP contribution < -0.4 is 5.84 Å². The second kappa shape index (κ2) is 27.9. The number of rotatable bonds is 26. The molecule has 0 unspecified atom stereocenters. The Morgan fingerprint density at radius 1 is 0.583 bits per heavy atom. The molecule has 0 aromatic carbocycles. The largest absolute Gasteiger partial charge is 0.461 e. The molecule has 0 aliphatic heterocycles. The zero-order chi connectivity index (χ0) is 26.5. The van der Waals surface area contributed by atoms with Crippen LogP contribution in [-0.2, 0) is 19.1 Å². The molecule has 0 aromatic heterocycles. The molecule has 0 amide bonds. The highest BCUT2D eigenvalue weighted by atomic mass is 16.5. The standard InChI is InChI=1S/C30H56N2O4/c1-3-5-7-9-11-13-21-27-35-29(33)23-17-15-19-25-32(31)26-20-16-18-24-30(34)36-28-22-14-12-10-8-6-4-2/h13-14,21-22H,3-12,15-20,23-28,31H2,1-2H3/b21-13-,22-14-. The van der Waals surface area contributed by atoms with Crippen LogP contribution in [0.1, 0.15) is 129 Å². The molecule has 6 nitrogen and oxygen atoms in total. The van der Waals surface area contributed by atoms with Crippen molar-refractivity contribution in [2.75, 3.05) is 26.3 Å². The van der Waals surface area contributed by atoms with E-state index in [1.165, 1.54) is 51.4 Å². The van der Waals surface area contributed by atoms with Gasteiger partial charge in [-0.3, -0.25) is 15.4 Å². The number of hydrazine groups is 1. The van der Waals surface area contributed by atoms with E-state index in [0.29, 0.717) is 26.1 Å². The highest BCUT2D eigenvalue weighted by Gasteiger charge is 2.04. The number of allylic oxidation sites excluding steroid dienone is 2. The molecule has 0 spiro atoms. The van der Waals surface area contributed by atoms with Crippen molar-refractivity contribution < 1.29 is 19.1 Å². The molecule has 0 atom stereocenters. The lowest BCUT2D eigenvalue weighted by Crippen LogP contribution is -2.32. The summed E-state index contributed by atoms with van der Waals surface area (Å²) in [5.41, 5.74) is 0. The maximum absolute atomic E-state index is 11.8. The first-order valence-electron chi connectivity index (χ1n) is 14.7. The van der Waals surface area contributed by atoms with E-state index in [0.717, 1.165) is 64.5 Å². The van der Waals surface area contributed by atoms with E-state index in [1.54, 1.807) is 0 Å². The van der Waals surface area contributed by atoms with Crippen LogP contribution in [-0.4, -0.2) is 43.3 Å². The number of carbonyl (C=O) groups excluding carboxylic acids is 2. The van der Waals surface area contributed by atoms with Gasteiger partial charge >= 0.3 is 11.9 Å². The summed E-state index contributed by atoms with van der Waals surface area (Å²) < 4.78 is 10.5. The van der Waals surface area contributed by atoms with E-state index in [2.05, 4.69) is 26.0 Å². The number of nitrogens with two attached hydrogens (primary N) is 1. The maximum atomic E-state index is 11.8. The second-order valence-corrected chi connectivity index (χ2v) is 9.66. The van der Waals surface area contributed by atoms with E-state index in [9.17, 15) is 9.59 Å². The number of carbonyl (C=O) groups is 2. The molecule has 6 heteroatoms. The number of nitrogens with zero attached hydrogens (tertiary/aromatic N) is 1. The third-order valence-corrected chi connectivity index (χ3v) is 6.12. The van der Waals surface area contributed by atoms with E-state index < -0.39 is 0 Å². The van der Waals surface area contributed by atoms with Gasteiger partial charge in [-0.15, -0.1) is 0 Å². The first-order valence-corrected chi connectivity index (χ1v) is 14.7. The van der Waals surface area contributed by atoms with E-state index in [4.69, 9.17) is 15.3 Å². The van der Waals surface area contributed by atoms with Crippen LogP contribution in [0.5, 0.6) is 0 Å². The smallest absolute Gasteiger partial charge is 0.306 e. The van der Waals surface area contributed by atoms with Crippen molar-refractivity contribution in [1.82, 2.24) is 5.01 Å². The minimum Gasteiger partial charge on any atom is -0.461 e. The highest BCUT2D eigenvalue weighted by Crippen LogP contribution is 2.06. The number of unbranched alkanes of at least 4 members (excludes halogenated alkanes) is 12. The Bertz CT molecular complexity index is 515. The van der Waals surface area contributed by atoms with Crippen molar-refractivity contribution in [3.8, 4) is 0 Å². The van der Waals surface area contributed by atoms with Crippen LogP contribution in [0, 0.1) is 0 Å². The highest BCUT2D eigenvalue weighted by molar-refractivity contribution is 5.69. The van der Waals surface area contributed by atoms with Crippen molar-refractivity contribution >= 4 is 11.9 Å². The molecular formula is C30H56N2O4. The summed E-state index contributed by atoms with van der Waals surface area (Å²) >= 11 is 0. The van der Waals surface area contributed by atoms with Crippen LogP contribution in [0.25, 0.3) is 0 Å². The molecule has 36 heavy (non-hydrogen) atoms. The summed E-state index contributed by atoms with van der Waals surface area (Å²) in [4.78, 5) is 23.5. The van der Waals surface area contributed by atoms with Crippen LogP contribution in [0.2, 0.25) is 0 Å². The predicted octanol–water partition coefficient (Wildman–Crippen LogP) is 7.42. The second-order valence-electron chi connectivity index (χ2n) is 9.66. The van der Waals surface area contributed by atoms with Crippen LogP contribution >= 0.6 is 0 Å². The molecule has 0 radical (unpaired) electrons. The van der Waals surface area contributed by atoms with Gasteiger partial charge in [-0.2, -0.15) is 0 Å². The van der Waals surface area contributed by atoms with Gasteiger partial charge in [0, 0.05) is 25.9 Å². The van der Waals surface area contributed by atoms with E-state index in [1.807, 2.05) is 17.2 Å². The minimum absolute atomic E-state index is 0.118. The van der Waals surface area contributed by atoms with Crippen molar-refractivity contribution in [3.05, 3.63) is 24.3 Å². The summed E-state index contributed by atoms with van der Waals surface area (Å²) in [5, 5.41) is 1.84. The minimum atomic E-state index is -0.118. The molecule has 0 aliphatic rings. The lowest BCUT2D eigenvalue weighted by molar-refractivity contribution is -0.143. The molecule has 0 saturated heterocycles. The SMILES string of the molecule is CCCCCC/C=C\COC(=O)CCCCCN(N)CCCCCC(=O)OC/C=C\CCCCCC. The van der Waals surface area contributed by atoms with Crippen LogP contribution in [0.3, 0.4) is 0 Å². The van der Waals surface area contributed by atoms with Crippen molar-refractivity contribution in [2.45, 2.75) is 129 Å². The first kappa shape index (κ1) is 34.3. The number of esters is 2. The zero-order valence-electron chi connectivity index (χ0n) is 23.5. The van der Waals surface area contributed by atoms with Gasteiger partial charge in [0.15, 0.2) is 0 Å². The molecule has 0 heterocycles. The molecule has 2 N–H and O–H groups in total. The summed E-state index contributed by atoms with van der Waals surface area (Å²) in [5.74, 6) is 5.82. The van der Waals surface area contributed by atoms with E-state index in [-0.39, 0.29) is 11.9 Å². The molecular weight excluding hydrogens is 452 g/mol. The van der Waals surface area contributed by atoms with Gasteiger partial charge in [-0.25, -0.2) is 5.01 Å². The molecule has 0 saturated carbocycles. The summed E-state index contributed by atoms with van der Waals surface area (Å²) in [6.45, 7) is 6.84. The van der Waals surface area contributed by atoms with Crippen LogP contribution in [0.15, 0.2) is 24.3 Å². The molecule has 0 fully saturated rings. The monoisotopic (exact) mass is 508 g/mol. The van der Waals surface area contributed by atoms with E-state index >= 15 is 0 Å². The Morgan fingerprint density at radius 3 is 1.42 bits per heavy atom. The lowest BCUT2D eigenvalue weighted by Gasteiger charge is -2.15. The zero-order valence-corrected chi connectivity index (χ0v) is 23.5. The fraction of sp³-hybridized carbons (Fsp3) is 0.800. The fourth-order valence-electron chi connectivity index (χ4n) is 3.81. The number of ether oxygens (including phenoxy) is 2. The molecule has 0 rings (SSSR count). The fourth-order valence-corrected chi connectivity index (χ4v) is 3.81. The summed E-state index contributed by atoms with van der Waals surface area (Å²) in [6.07, 6.45) is 26.8. The molecule has 0 aromatic rings. The third-order valence-electron chi connectivity index (χ3n) is 6.12. The average Bonchev–Trinajstić information content (AvgIpc) is 2.86. The van der Waals surface area contributed by atoms with Crippen molar-refractivity contribution in [1.29, 1.82) is 0 Å². The topological polar surface area (TPSA) is 81.9 Å². The van der Waals surface area contributed by atoms with Gasteiger partial charge in [0.25, 0.3) is 0 Å². The van der Waals surface area contributed by atoms with Gasteiger partial charge in [0.2, 0.25) is 0 Å². The molecule has 0 bridgehead atoms. The third kappa shape index (κ3) is 26.9. The van der Waals surface area contributed by atoms with Gasteiger partial charge in [0.05, 0.1) is 0 Å². The van der Waals surface area contributed by atoms with Gasteiger partial charge in [0.1, 0.15) is 13.2 Å². The quantitative estimate of drug-likeness (QED) is 0.0430. The van der Waals surface area contributed by atoms with Crippen LogP contribution in [0.4, 0.5) is 0 Å². The predicted molar refractivity (Wildman–Crippen MR) is 150 cm³/mol. The Hall–Kier alpha value is -1.66. The van der Waals surface area contributed by atoms with Gasteiger partial charge < -0.3 is 9.47 Å². The molecule has 210 valence electrons. The lowest BCUT2D eigenvalue weighted by atomic mass is 10.1. The first-order chi connectivity index (χ1) is 17.6. The Morgan fingerprint density at radius 2 is 1.00 bits per heavy atom. The van der Waals surface area contributed by atoms with Gasteiger partial charge in [-0.05, 0) is 51.4 Å².